The van der Waals surface area contributed by atoms with Crippen molar-refractivity contribution in [2.75, 3.05) is 6.54 Å². The normalized spacial score (nSPS) is 12.4. The van der Waals surface area contributed by atoms with Gasteiger partial charge < -0.3 is 0 Å². The van der Waals surface area contributed by atoms with Gasteiger partial charge in [0.15, 0.2) is 0 Å². The van der Waals surface area contributed by atoms with Gasteiger partial charge in [-0.2, -0.15) is 5.26 Å². The molecule has 0 aliphatic carbocycles. The lowest BCUT2D eigenvalue weighted by Crippen LogP contribution is -2.32. The van der Waals surface area contributed by atoms with Gasteiger partial charge in [-0.3, -0.25) is 4.90 Å². The fraction of sp³-hybridized carbons (Fsp3) is 0.500. The van der Waals surface area contributed by atoms with Crippen molar-refractivity contribution >= 4 is 0 Å². The fourth-order valence-electron chi connectivity index (χ4n) is 1.82. The van der Waals surface area contributed by atoms with Crippen LogP contribution < -0.4 is 0 Å². The zero-order chi connectivity index (χ0) is 12.0. The van der Waals surface area contributed by atoms with E-state index in [0.29, 0.717) is 6.04 Å². The molecule has 0 saturated heterocycles. The Kier molecular flexibility index (Phi) is 5.01. The average molecular weight is 216 g/mol. The third-order valence-electron chi connectivity index (χ3n) is 3.13. The Balaban J connectivity index is 2.82. The smallest absolute Gasteiger partial charge is 0.0995 e. The second-order valence-electron chi connectivity index (χ2n) is 4.09. The lowest BCUT2D eigenvalue weighted by molar-refractivity contribution is 0.206. The van der Waals surface area contributed by atoms with Gasteiger partial charge in [-0.1, -0.05) is 32.0 Å². The van der Waals surface area contributed by atoms with Gasteiger partial charge in [0.25, 0.3) is 0 Å². The molecule has 0 fully saturated rings. The lowest BCUT2D eigenvalue weighted by atomic mass is 10.1. The summed E-state index contributed by atoms with van der Waals surface area (Å²) >= 11 is 0. The lowest BCUT2D eigenvalue weighted by Gasteiger charge is -2.27. The van der Waals surface area contributed by atoms with Crippen LogP contribution in [0.25, 0.3) is 0 Å². The summed E-state index contributed by atoms with van der Waals surface area (Å²) in [6, 6.07) is 10.7. The first-order valence-electron chi connectivity index (χ1n) is 5.94. The van der Waals surface area contributed by atoms with Crippen molar-refractivity contribution in [3.8, 4) is 6.07 Å². The molecular formula is C14H20N2. The summed E-state index contributed by atoms with van der Waals surface area (Å²) in [5, 5.41) is 9.03. The molecule has 0 saturated carbocycles. The molecule has 0 heterocycles. The van der Waals surface area contributed by atoms with Gasteiger partial charge in [0, 0.05) is 12.6 Å². The van der Waals surface area contributed by atoms with Crippen LogP contribution in [-0.2, 0) is 6.54 Å². The minimum atomic E-state index is 0.566. The molecule has 1 aromatic rings. The molecule has 2 heteroatoms. The Hall–Kier alpha value is -1.33. The maximum Gasteiger partial charge on any atom is 0.0995 e. The summed E-state index contributed by atoms with van der Waals surface area (Å²) in [6.45, 7) is 8.49. The average Bonchev–Trinajstić information content (AvgIpc) is 2.35. The molecule has 0 amide bonds. The topological polar surface area (TPSA) is 27.0 Å². The number of hydrogen-bond donors (Lipinski definition) is 0. The van der Waals surface area contributed by atoms with Crippen molar-refractivity contribution in [1.82, 2.24) is 4.90 Å². The van der Waals surface area contributed by atoms with Gasteiger partial charge in [0.1, 0.15) is 0 Å². The first-order chi connectivity index (χ1) is 7.72. The molecule has 0 bridgehead atoms. The summed E-state index contributed by atoms with van der Waals surface area (Å²) in [5.41, 5.74) is 1.93. The van der Waals surface area contributed by atoms with E-state index in [-0.39, 0.29) is 0 Å². The standard InChI is InChI=1S/C14H20N2/c1-4-12(3)16(5-2)11-14-9-7-6-8-13(14)10-15/h6-9,12H,4-5,11H2,1-3H3. The zero-order valence-electron chi connectivity index (χ0n) is 10.4. The highest BCUT2D eigenvalue weighted by Gasteiger charge is 2.12. The monoisotopic (exact) mass is 216 g/mol. The van der Waals surface area contributed by atoms with E-state index in [9.17, 15) is 0 Å². The van der Waals surface area contributed by atoms with E-state index >= 15 is 0 Å². The van der Waals surface area contributed by atoms with E-state index in [0.717, 1.165) is 30.6 Å². The molecule has 0 aliphatic rings. The van der Waals surface area contributed by atoms with E-state index in [1.165, 1.54) is 0 Å². The molecule has 0 radical (unpaired) electrons. The van der Waals surface area contributed by atoms with E-state index in [2.05, 4.69) is 31.7 Å². The largest absolute Gasteiger partial charge is 0.297 e. The molecule has 1 rings (SSSR count). The van der Waals surface area contributed by atoms with Crippen molar-refractivity contribution in [2.24, 2.45) is 0 Å². The molecule has 0 aliphatic heterocycles. The molecule has 0 spiro atoms. The molecule has 2 nitrogen and oxygen atoms in total. The molecule has 1 atom stereocenters. The third kappa shape index (κ3) is 3.08. The Morgan fingerprint density at radius 2 is 2.00 bits per heavy atom. The van der Waals surface area contributed by atoms with Gasteiger partial charge in [0.05, 0.1) is 11.6 Å². The van der Waals surface area contributed by atoms with Crippen molar-refractivity contribution in [2.45, 2.75) is 39.8 Å². The predicted octanol–water partition coefficient (Wildman–Crippen LogP) is 3.18. The van der Waals surface area contributed by atoms with E-state index < -0.39 is 0 Å². The van der Waals surface area contributed by atoms with Crippen LogP contribution in [0.1, 0.15) is 38.3 Å². The molecule has 0 aromatic heterocycles. The van der Waals surface area contributed by atoms with E-state index in [1.54, 1.807) is 0 Å². The highest BCUT2D eigenvalue weighted by molar-refractivity contribution is 5.37. The number of hydrogen-bond acceptors (Lipinski definition) is 2. The van der Waals surface area contributed by atoms with Gasteiger partial charge in [-0.15, -0.1) is 0 Å². The van der Waals surface area contributed by atoms with Gasteiger partial charge >= 0.3 is 0 Å². The van der Waals surface area contributed by atoms with Gasteiger partial charge in [-0.05, 0) is 31.5 Å². The Labute approximate surface area is 98.5 Å². The Morgan fingerprint density at radius 3 is 2.56 bits per heavy atom. The van der Waals surface area contributed by atoms with Crippen LogP contribution in [0.4, 0.5) is 0 Å². The maximum atomic E-state index is 9.03. The summed E-state index contributed by atoms with van der Waals surface area (Å²) in [7, 11) is 0. The van der Waals surface area contributed by atoms with Gasteiger partial charge in [-0.25, -0.2) is 0 Å². The zero-order valence-corrected chi connectivity index (χ0v) is 10.4. The number of nitrogens with zero attached hydrogens (tertiary/aromatic N) is 2. The van der Waals surface area contributed by atoms with Crippen molar-refractivity contribution in [3.05, 3.63) is 35.4 Å². The molecule has 86 valence electrons. The van der Waals surface area contributed by atoms with Crippen LogP contribution in [0.3, 0.4) is 0 Å². The summed E-state index contributed by atoms with van der Waals surface area (Å²) in [4.78, 5) is 2.40. The summed E-state index contributed by atoms with van der Waals surface area (Å²) < 4.78 is 0. The minimum absolute atomic E-state index is 0.566. The number of rotatable bonds is 5. The quantitative estimate of drug-likeness (QED) is 0.756. The summed E-state index contributed by atoms with van der Waals surface area (Å²) in [6.07, 6.45) is 1.14. The minimum Gasteiger partial charge on any atom is -0.297 e. The second kappa shape index (κ2) is 6.30. The first-order valence-corrected chi connectivity index (χ1v) is 5.94. The predicted molar refractivity (Wildman–Crippen MR) is 67.0 cm³/mol. The van der Waals surface area contributed by atoms with Crippen LogP contribution in [0.5, 0.6) is 0 Å². The SMILES string of the molecule is CCC(C)N(CC)Cc1ccccc1C#N. The van der Waals surface area contributed by atoms with Crippen LogP contribution >= 0.6 is 0 Å². The molecule has 1 unspecified atom stereocenters. The van der Waals surface area contributed by atoms with Crippen molar-refractivity contribution in [1.29, 1.82) is 5.26 Å². The number of benzene rings is 1. The van der Waals surface area contributed by atoms with Crippen LogP contribution in [0, 0.1) is 11.3 Å². The highest BCUT2D eigenvalue weighted by Crippen LogP contribution is 2.13. The van der Waals surface area contributed by atoms with Crippen LogP contribution in [-0.4, -0.2) is 17.5 Å². The highest BCUT2D eigenvalue weighted by atomic mass is 15.1. The van der Waals surface area contributed by atoms with E-state index in [1.807, 2.05) is 24.3 Å². The Morgan fingerprint density at radius 1 is 1.31 bits per heavy atom. The maximum absolute atomic E-state index is 9.03. The molecular weight excluding hydrogens is 196 g/mol. The first kappa shape index (κ1) is 12.7. The fourth-order valence-corrected chi connectivity index (χ4v) is 1.82. The summed E-state index contributed by atoms with van der Waals surface area (Å²) in [5.74, 6) is 0. The van der Waals surface area contributed by atoms with Crippen molar-refractivity contribution in [3.63, 3.8) is 0 Å². The van der Waals surface area contributed by atoms with Gasteiger partial charge in [0.2, 0.25) is 0 Å². The second-order valence-corrected chi connectivity index (χ2v) is 4.09. The van der Waals surface area contributed by atoms with Crippen LogP contribution in [0.15, 0.2) is 24.3 Å². The van der Waals surface area contributed by atoms with E-state index in [4.69, 9.17) is 5.26 Å². The number of nitriles is 1. The molecule has 1 aromatic carbocycles. The van der Waals surface area contributed by atoms with Crippen molar-refractivity contribution < 1.29 is 0 Å². The molecule has 0 N–H and O–H groups in total. The van der Waals surface area contributed by atoms with Crippen LogP contribution in [0.2, 0.25) is 0 Å². The molecule has 16 heavy (non-hydrogen) atoms. The third-order valence-corrected chi connectivity index (χ3v) is 3.13. The Bertz CT molecular complexity index is 365.